The highest BCUT2D eigenvalue weighted by atomic mass is 31.2. The number of amides is 1. The van der Waals surface area contributed by atoms with Crippen LogP contribution in [0.5, 0.6) is 0 Å². The summed E-state index contributed by atoms with van der Waals surface area (Å²) in [7, 11) is 1.46. The lowest BCUT2D eigenvalue weighted by molar-refractivity contribution is -0.870. The third-order valence-corrected chi connectivity index (χ3v) is 13.6. The van der Waals surface area contributed by atoms with Gasteiger partial charge >= 0.3 is 13.8 Å². The molecule has 10 heteroatoms. The van der Waals surface area contributed by atoms with Gasteiger partial charge in [0.15, 0.2) is 0 Å². The van der Waals surface area contributed by atoms with Crippen LogP contribution >= 0.6 is 7.82 Å². The van der Waals surface area contributed by atoms with Gasteiger partial charge in [-0.2, -0.15) is 0 Å². The van der Waals surface area contributed by atoms with Crippen molar-refractivity contribution in [3.63, 3.8) is 0 Å². The summed E-state index contributed by atoms with van der Waals surface area (Å²) in [4.78, 5) is 37.5. The maximum atomic E-state index is 13.5. The second-order valence-electron chi connectivity index (χ2n) is 20.8. The van der Waals surface area contributed by atoms with Crippen LogP contribution in [0.4, 0.5) is 0 Å². The van der Waals surface area contributed by atoms with Crippen molar-refractivity contribution in [3.8, 4) is 0 Å². The van der Waals surface area contributed by atoms with Crippen LogP contribution < -0.4 is 5.32 Å². The highest BCUT2D eigenvalue weighted by molar-refractivity contribution is 7.47. The number of phosphoric acid groups is 1. The number of allylic oxidation sites excluding steroid dienone is 11. The van der Waals surface area contributed by atoms with Crippen molar-refractivity contribution in [3.05, 3.63) is 72.9 Å². The molecular weight excluding hydrogens is 904 g/mol. The Balaban J connectivity index is 5.31. The molecule has 0 aliphatic carbocycles. The van der Waals surface area contributed by atoms with Gasteiger partial charge < -0.3 is 19.4 Å². The highest BCUT2D eigenvalue weighted by Gasteiger charge is 2.30. The molecule has 0 saturated heterocycles. The average molecular weight is 1020 g/mol. The van der Waals surface area contributed by atoms with Gasteiger partial charge in [-0.15, -0.1) is 0 Å². The van der Waals surface area contributed by atoms with E-state index in [2.05, 4.69) is 80.8 Å². The summed E-state index contributed by atoms with van der Waals surface area (Å²) in [6.45, 7) is 6.92. The molecule has 0 bridgehead atoms. The zero-order valence-corrected chi connectivity index (χ0v) is 47.8. The molecule has 0 aromatic rings. The normalized spacial score (nSPS) is 14.3. The lowest BCUT2D eigenvalue weighted by atomic mass is 10.1. The van der Waals surface area contributed by atoms with Gasteiger partial charge in [0.1, 0.15) is 19.3 Å². The van der Waals surface area contributed by atoms with Gasteiger partial charge in [-0.3, -0.25) is 18.6 Å². The van der Waals surface area contributed by atoms with Gasteiger partial charge in [0.2, 0.25) is 5.91 Å². The van der Waals surface area contributed by atoms with Crippen molar-refractivity contribution < 1.29 is 37.3 Å². The minimum atomic E-state index is -4.46. The molecule has 0 aliphatic rings. The predicted octanol–water partition coefficient (Wildman–Crippen LogP) is 17.7. The van der Waals surface area contributed by atoms with Crippen molar-refractivity contribution in [2.45, 2.75) is 264 Å². The lowest BCUT2D eigenvalue weighted by Gasteiger charge is -2.27. The number of quaternary nitrogens is 1. The molecule has 0 spiro atoms. The number of esters is 1. The maximum Gasteiger partial charge on any atom is 0.472 e. The largest absolute Gasteiger partial charge is 0.472 e. The summed E-state index contributed by atoms with van der Waals surface area (Å²) in [5, 5.41) is 3.03. The third kappa shape index (κ3) is 52.1. The first kappa shape index (κ1) is 68.5. The standard InChI is InChI=1S/C61H111N2O7P/c1-7-10-13-16-19-22-25-27-28-29-30-31-32-33-34-36-38-41-44-47-50-53-60(64)62-58(57-69-71(66,67)68-56-55-63(4,5)6)59(52-49-46-43-40-37-24-21-18-15-12-9-3)70-61(65)54-51-48-45-42-39-35-26-23-20-17-14-11-8-2/h19,22,27-28,30-31,35,39,45,48-49,52,58-59H,7-18,20-21,23-26,29,32-34,36-38,40-44,46-47,50-51,53-57H2,1-6H3,(H-,62,64,66,67)/p+1/b22-19-,28-27-,31-30-,39-35-,48-45+,52-49-. The molecule has 0 fully saturated rings. The molecule has 412 valence electrons. The summed E-state index contributed by atoms with van der Waals surface area (Å²) in [5.41, 5.74) is 0. The Morgan fingerprint density at radius 1 is 0.493 bits per heavy atom. The Labute approximate surface area is 438 Å². The van der Waals surface area contributed by atoms with E-state index in [1.165, 1.54) is 135 Å². The van der Waals surface area contributed by atoms with Gasteiger partial charge in [0.05, 0.1) is 33.8 Å². The number of hydrogen-bond acceptors (Lipinski definition) is 6. The molecule has 71 heavy (non-hydrogen) atoms. The molecule has 0 aromatic heterocycles. The van der Waals surface area contributed by atoms with E-state index in [4.69, 9.17) is 13.8 Å². The third-order valence-electron chi connectivity index (χ3n) is 12.6. The number of phosphoric ester groups is 1. The van der Waals surface area contributed by atoms with E-state index in [1.54, 1.807) is 0 Å². The molecule has 1 amide bonds. The highest BCUT2D eigenvalue weighted by Crippen LogP contribution is 2.43. The van der Waals surface area contributed by atoms with E-state index in [0.717, 1.165) is 77.0 Å². The Hall–Kier alpha value is -2.55. The summed E-state index contributed by atoms with van der Waals surface area (Å²) >= 11 is 0. The molecule has 3 unspecified atom stereocenters. The van der Waals surface area contributed by atoms with Gasteiger partial charge in [-0.25, -0.2) is 4.57 Å². The fourth-order valence-corrected chi connectivity index (χ4v) is 8.79. The van der Waals surface area contributed by atoms with Crippen molar-refractivity contribution in [2.75, 3.05) is 40.9 Å². The number of nitrogens with one attached hydrogen (secondary N) is 1. The average Bonchev–Trinajstić information content (AvgIpc) is 3.33. The maximum absolute atomic E-state index is 13.5. The molecule has 9 nitrogen and oxygen atoms in total. The van der Waals surface area contributed by atoms with Crippen molar-refractivity contribution in [1.82, 2.24) is 5.32 Å². The number of hydrogen-bond donors (Lipinski definition) is 2. The van der Waals surface area contributed by atoms with E-state index in [0.29, 0.717) is 23.9 Å². The van der Waals surface area contributed by atoms with Crippen molar-refractivity contribution in [1.29, 1.82) is 0 Å². The van der Waals surface area contributed by atoms with E-state index in [1.807, 2.05) is 39.4 Å². The van der Waals surface area contributed by atoms with Gasteiger partial charge in [0, 0.05) is 12.8 Å². The zero-order chi connectivity index (χ0) is 52.2. The monoisotopic (exact) mass is 1020 g/mol. The van der Waals surface area contributed by atoms with Crippen molar-refractivity contribution in [2.24, 2.45) is 0 Å². The van der Waals surface area contributed by atoms with Gasteiger partial charge in [-0.05, 0) is 89.5 Å². The first-order valence-corrected chi connectivity index (χ1v) is 30.8. The van der Waals surface area contributed by atoms with Crippen LogP contribution in [0.3, 0.4) is 0 Å². The lowest BCUT2D eigenvalue weighted by Crippen LogP contribution is -2.47. The summed E-state index contributed by atoms with van der Waals surface area (Å²) < 4.78 is 30.5. The Morgan fingerprint density at radius 3 is 1.34 bits per heavy atom. The quantitative estimate of drug-likeness (QED) is 0.0205. The molecule has 0 aliphatic heterocycles. The molecule has 3 atom stereocenters. The second kappa shape index (κ2) is 51.0. The van der Waals surface area contributed by atoms with Gasteiger partial charge in [-0.1, -0.05) is 222 Å². The summed E-state index contributed by atoms with van der Waals surface area (Å²) in [6.07, 6.45) is 64.8. The van der Waals surface area contributed by atoms with Crippen LogP contribution in [0.1, 0.15) is 252 Å². The molecule has 0 saturated carbocycles. The minimum absolute atomic E-state index is 0.0288. The van der Waals surface area contributed by atoms with Crippen LogP contribution in [0.2, 0.25) is 0 Å². The topological polar surface area (TPSA) is 111 Å². The number of ether oxygens (including phenoxy) is 1. The molecule has 0 heterocycles. The number of carbonyl (C=O) groups is 2. The van der Waals surface area contributed by atoms with Gasteiger partial charge in [0.25, 0.3) is 0 Å². The molecule has 0 aromatic carbocycles. The number of rotatable bonds is 52. The SMILES string of the molecule is CCCCC/C=C\C/C=C\C/C=C\CCCCCCCCCCC(=O)NC(COP(=O)(O)OCC[N+](C)(C)C)C(/C=C\CCCCCCCCCCC)OC(=O)CC/C=C/C/C=C\CCCCCCCC. The van der Waals surface area contributed by atoms with Crippen LogP contribution in [0.15, 0.2) is 72.9 Å². The van der Waals surface area contributed by atoms with Crippen molar-refractivity contribution >= 4 is 19.7 Å². The van der Waals surface area contributed by atoms with E-state index in [9.17, 15) is 19.0 Å². The summed E-state index contributed by atoms with van der Waals surface area (Å²) in [6, 6.07) is -0.876. The number of unbranched alkanes of at least 4 members (excludes halogenated alkanes) is 26. The summed E-state index contributed by atoms with van der Waals surface area (Å²) in [5.74, 6) is -0.593. The minimum Gasteiger partial charge on any atom is -0.456 e. The van der Waals surface area contributed by atoms with Crippen LogP contribution in [-0.4, -0.2) is 74.3 Å². The van der Waals surface area contributed by atoms with E-state index in [-0.39, 0.29) is 25.5 Å². The second-order valence-corrected chi connectivity index (χ2v) is 22.3. The fraction of sp³-hybridized carbons (Fsp3) is 0.770. The predicted molar refractivity (Wildman–Crippen MR) is 305 cm³/mol. The zero-order valence-electron chi connectivity index (χ0n) is 47.0. The molecule has 0 rings (SSSR count). The van der Waals surface area contributed by atoms with E-state index >= 15 is 0 Å². The van der Waals surface area contributed by atoms with Crippen LogP contribution in [0, 0.1) is 0 Å². The molecular formula is C61H112N2O7P+. The molecule has 2 N–H and O–H groups in total. The first-order chi connectivity index (χ1) is 34.4. The first-order valence-electron chi connectivity index (χ1n) is 29.3. The molecule has 0 radical (unpaired) electrons. The van der Waals surface area contributed by atoms with Crippen LogP contribution in [0.25, 0.3) is 0 Å². The smallest absolute Gasteiger partial charge is 0.456 e. The van der Waals surface area contributed by atoms with Crippen LogP contribution in [-0.2, 0) is 27.9 Å². The number of carbonyl (C=O) groups excluding carboxylic acids is 2. The Kier molecular flexibility index (Phi) is 49.1. The number of nitrogens with zero attached hydrogens (tertiary/aromatic N) is 1. The van der Waals surface area contributed by atoms with E-state index < -0.39 is 25.9 Å². The number of likely N-dealkylation sites (N-methyl/N-ethyl adjacent to an activating group) is 1. The Morgan fingerprint density at radius 2 is 0.873 bits per heavy atom. The fourth-order valence-electron chi connectivity index (χ4n) is 8.06. The Bertz CT molecular complexity index is 1450.